The van der Waals surface area contributed by atoms with Crippen molar-refractivity contribution in [2.45, 2.75) is 45.6 Å². The number of hydrogen-bond acceptors (Lipinski definition) is 4. The van der Waals surface area contributed by atoms with Gasteiger partial charge in [0.05, 0.1) is 6.10 Å². The van der Waals surface area contributed by atoms with E-state index in [2.05, 4.69) is 26.7 Å². The first-order chi connectivity index (χ1) is 10.6. The molecule has 134 valence electrons. The number of aliphatic hydroxyl groups is 1. The molecule has 0 aliphatic carbocycles. The summed E-state index contributed by atoms with van der Waals surface area (Å²) in [6.07, 6.45) is 6.69. The van der Waals surface area contributed by atoms with Crippen LogP contribution in [0.1, 0.15) is 39.5 Å². The zero-order chi connectivity index (χ0) is 19.3. The van der Waals surface area contributed by atoms with E-state index in [1.54, 1.807) is 0 Å². The molecule has 0 aromatic rings. The van der Waals surface area contributed by atoms with Crippen molar-refractivity contribution >= 4 is 17.9 Å². The molecule has 0 aliphatic heterocycles. The third-order valence-corrected chi connectivity index (χ3v) is 1.89. The van der Waals surface area contributed by atoms with Gasteiger partial charge in [-0.05, 0) is 12.8 Å². The molecule has 4 N–H and O–H groups in total. The number of rotatable bonds is 7. The molecule has 1 atom stereocenters. The third-order valence-electron chi connectivity index (χ3n) is 1.89. The summed E-state index contributed by atoms with van der Waals surface area (Å²) in [5.41, 5.74) is 0. The summed E-state index contributed by atoms with van der Waals surface area (Å²) in [4.78, 5) is 27.8. The monoisotopic (exact) mass is 332 g/mol. The van der Waals surface area contributed by atoms with Crippen LogP contribution in [0.2, 0.25) is 0 Å². The number of aliphatic carboxylic acids is 3. The van der Waals surface area contributed by atoms with E-state index in [1.807, 2.05) is 6.92 Å². The second-order valence-electron chi connectivity index (χ2n) is 3.83. The molecule has 0 aromatic carbocycles. The first-order valence-corrected chi connectivity index (χ1v) is 6.86. The van der Waals surface area contributed by atoms with Crippen LogP contribution in [-0.2, 0) is 14.4 Å². The minimum absolute atomic E-state index is 0.0463. The van der Waals surface area contributed by atoms with Gasteiger partial charge in [-0.25, -0.2) is 14.4 Å². The van der Waals surface area contributed by atoms with Crippen LogP contribution in [0, 0.1) is 0 Å². The number of hydrogen-bond donors (Lipinski definition) is 4. The Hall–Kier alpha value is -2.41. The number of carboxylic acids is 3. The molecule has 23 heavy (non-hydrogen) atoms. The van der Waals surface area contributed by atoms with Crippen LogP contribution in [0.4, 0.5) is 0 Å². The molecule has 0 saturated heterocycles. The summed E-state index contributed by atoms with van der Waals surface area (Å²) in [6, 6.07) is 0. The minimum atomic E-state index is -0.981. The zero-order valence-corrected chi connectivity index (χ0v) is 13.8. The molecule has 0 fully saturated rings. The number of carbonyl (C=O) groups is 3. The van der Waals surface area contributed by atoms with E-state index in [-0.39, 0.29) is 6.10 Å². The second kappa shape index (κ2) is 24.6. The van der Waals surface area contributed by atoms with Crippen LogP contribution in [0.5, 0.6) is 0 Å². The average molecular weight is 332 g/mol. The van der Waals surface area contributed by atoms with Crippen molar-refractivity contribution in [3.8, 4) is 0 Å². The Kier molecular flexibility index (Phi) is 30.7. The number of unbranched alkanes of at least 4 members (excludes halogenated alkanes) is 1. The van der Waals surface area contributed by atoms with Gasteiger partial charge in [0.2, 0.25) is 0 Å². The fourth-order valence-electron chi connectivity index (χ4n) is 0.644. The maximum Gasteiger partial charge on any atom is 0.327 e. The van der Waals surface area contributed by atoms with E-state index in [4.69, 9.17) is 20.4 Å². The van der Waals surface area contributed by atoms with Crippen LogP contribution in [0.15, 0.2) is 38.0 Å². The van der Waals surface area contributed by atoms with Crippen molar-refractivity contribution in [2.24, 2.45) is 0 Å². The van der Waals surface area contributed by atoms with Crippen LogP contribution < -0.4 is 0 Å². The van der Waals surface area contributed by atoms with E-state index >= 15 is 0 Å². The summed E-state index contributed by atoms with van der Waals surface area (Å²) in [5, 5.41) is 31.8. The van der Waals surface area contributed by atoms with Gasteiger partial charge in [0.25, 0.3) is 0 Å². The van der Waals surface area contributed by atoms with Crippen LogP contribution in [-0.4, -0.2) is 44.4 Å². The smallest absolute Gasteiger partial charge is 0.327 e. The Labute approximate surface area is 137 Å². The van der Waals surface area contributed by atoms with E-state index < -0.39 is 17.9 Å². The first kappa shape index (κ1) is 28.7. The van der Waals surface area contributed by atoms with Crippen molar-refractivity contribution in [1.29, 1.82) is 0 Å². The van der Waals surface area contributed by atoms with Gasteiger partial charge in [-0.3, -0.25) is 0 Å². The van der Waals surface area contributed by atoms with Gasteiger partial charge in [-0.2, -0.15) is 0 Å². The maximum absolute atomic E-state index is 9.25. The summed E-state index contributed by atoms with van der Waals surface area (Å²) in [5.74, 6) is -2.94. The predicted octanol–water partition coefficient (Wildman–Crippen LogP) is 2.72. The molecule has 7 heteroatoms. The largest absolute Gasteiger partial charge is 0.478 e. The van der Waals surface area contributed by atoms with Gasteiger partial charge in [0, 0.05) is 18.2 Å². The third kappa shape index (κ3) is 65.9. The minimum Gasteiger partial charge on any atom is -0.478 e. The molecule has 0 spiro atoms. The van der Waals surface area contributed by atoms with Gasteiger partial charge < -0.3 is 20.4 Å². The lowest BCUT2D eigenvalue weighted by Gasteiger charge is -2.03. The van der Waals surface area contributed by atoms with E-state index in [0.29, 0.717) is 0 Å². The highest BCUT2D eigenvalue weighted by Crippen LogP contribution is 2.02. The fourth-order valence-corrected chi connectivity index (χ4v) is 0.644. The summed E-state index contributed by atoms with van der Waals surface area (Å²) >= 11 is 0. The predicted molar refractivity (Wildman–Crippen MR) is 89.3 cm³/mol. The van der Waals surface area contributed by atoms with Gasteiger partial charge in [0.1, 0.15) is 0 Å². The highest BCUT2D eigenvalue weighted by atomic mass is 16.4. The number of carboxylic acid groups (broad SMARTS) is 3. The molecule has 0 bridgehead atoms. The van der Waals surface area contributed by atoms with Crippen LogP contribution >= 0.6 is 0 Å². The second-order valence-corrected chi connectivity index (χ2v) is 3.83. The molecule has 0 heterocycles. The Morgan fingerprint density at radius 1 is 0.870 bits per heavy atom. The van der Waals surface area contributed by atoms with Gasteiger partial charge >= 0.3 is 17.9 Å². The molecule has 0 aliphatic rings. The normalized spacial score (nSPS) is 9.00. The molecule has 0 aromatic heterocycles. The molecule has 0 rings (SSSR count). The molecular weight excluding hydrogens is 304 g/mol. The lowest BCUT2D eigenvalue weighted by atomic mass is 10.1. The first-order valence-electron chi connectivity index (χ1n) is 6.86. The quantitative estimate of drug-likeness (QED) is 0.527. The van der Waals surface area contributed by atoms with Crippen molar-refractivity contribution in [3.05, 3.63) is 38.0 Å². The van der Waals surface area contributed by atoms with Crippen molar-refractivity contribution < 1.29 is 34.8 Å². The van der Waals surface area contributed by atoms with Crippen LogP contribution in [0.25, 0.3) is 0 Å². The molecule has 0 saturated carbocycles. The topological polar surface area (TPSA) is 132 Å². The molecule has 0 amide bonds. The molecule has 1 unspecified atom stereocenters. The highest BCUT2D eigenvalue weighted by Gasteiger charge is 1.96. The van der Waals surface area contributed by atoms with Crippen molar-refractivity contribution in [1.82, 2.24) is 0 Å². The highest BCUT2D eigenvalue weighted by molar-refractivity contribution is 5.79. The maximum atomic E-state index is 9.25. The molecule has 7 nitrogen and oxygen atoms in total. The lowest BCUT2D eigenvalue weighted by molar-refractivity contribution is -0.132. The Bertz CT molecular complexity index is 306. The number of aliphatic hydroxyl groups excluding tert-OH is 1. The molecular formula is C16H28O7. The fraction of sp³-hybridized carbons (Fsp3) is 0.438. The standard InChI is InChI=1S/C7H16O.3C3H4O2/c1-3-5-6-7(8)4-2;3*1-2-3(4)5/h7-8H,3-6H2,1-2H3;3*2H,1H2,(H,4,5). The summed E-state index contributed by atoms with van der Waals surface area (Å²) < 4.78 is 0. The van der Waals surface area contributed by atoms with E-state index in [9.17, 15) is 14.4 Å². The van der Waals surface area contributed by atoms with E-state index in [1.165, 1.54) is 6.42 Å². The Morgan fingerprint density at radius 2 is 1.13 bits per heavy atom. The SMILES string of the molecule is C=CC(=O)O.C=CC(=O)O.C=CC(=O)O.CCCCC(O)CC. The summed E-state index contributed by atoms with van der Waals surface area (Å²) in [6.45, 7) is 13.0. The van der Waals surface area contributed by atoms with E-state index in [0.717, 1.165) is 37.5 Å². The van der Waals surface area contributed by atoms with Crippen LogP contribution in [0.3, 0.4) is 0 Å². The van der Waals surface area contributed by atoms with Gasteiger partial charge in [-0.1, -0.05) is 46.4 Å². The molecule has 0 radical (unpaired) electrons. The summed E-state index contributed by atoms with van der Waals surface area (Å²) in [7, 11) is 0. The average Bonchev–Trinajstić information content (AvgIpc) is 2.53. The van der Waals surface area contributed by atoms with Crippen molar-refractivity contribution in [3.63, 3.8) is 0 Å². The van der Waals surface area contributed by atoms with Gasteiger partial charge in [0.15, 0.2) is 0 Å². The lowest BCUT2D eigenvalue weighted by Crippen LogP contribution is -2.02. The zero-order valence-electron chi connectivity index (χ0n) is 13.8. The van der Waals surface area contributed by atoms with Crippen molar-refractivity contribution in [2.75, 3.05) is 0 Å². The Balaban J connectivity index is -0.000000108. The van der Waals surface area contributed by atoms with Gasteiger partial charge in [-0.15, -0.1) is 0 Å². The Morgan fingerprint density at radius 3 is 1.26 bits per heavy atom.